The Bertz CT molecular complexity index is 632. The number of anilines is 2. The number of carbonyl (C=O) groups is 1. The van der Waals surface area contributed by atoms with Gasteiger partial charge in [0.05, 0.1) is 0 Å². The first kappa shape index (κ1) is 15.3. The Labute approximate surface area is 143 Å². The van der Waals surface area contributed by atoms with Gasteiger partial charge in [-0.3, -0.25) is 4.79 Å². The zero-order valence-corrected chi connectivity index (χ0v) is 14.1. The largest absolute Gasteiger partial charge is 0.372 e. The SMILES string of the molecule is O=C(c1ccc(N2CCCC2)cc1)c1ccc(N2CCCC2)cc1. The Morgan fingerprint density at radius 3 is 1.25 bits per heavy atom. The second-order valence-electron chi connectivity index (χ2n) is 6.81. The Hall–Kier alpha value is -2.29. The summed E-state index contributed by atoms with van der Waals surface area (Å²) < 4.78 is 0. The minimum atomic E-state index is 0.107. The molecule has 2 aliphatic heterocycles. The predicted octanol–water partition coefficient (Wildman–Crippen LogP) is 4.12. The van der Waals surface area contributed by atoms with Crippen LogP contribution in [0.25, 0.3) is 0 Å². The van der Waals surface area contributed by atoms with Gasteiger partial charge in [-0.15, -0.1) is 0 Å². The highest BCUT2D eigenvalue weighted by Gasteiger charge is 2.15. The summed E-state index contributed by atoms with van der Waals surface area (Å²) in [5.41, 5.74) is 4.00. The lowest BCUT2D eigenvalue weighted by molar-refractivity contribution is 0.103. The second-order valence-corrected chi connectivity index (χ2v) is 6.81. The molecule has 2 aromatic carbocycles. The van der Waals surface area contributed by atoms with Crippen LogP contribution in [-0.2, 0) is 0 Å². The maximum absolute atomic E-state index is 12.7. The first-order chi connectivity index (χ1) is 11.8. The first-order valence-electron chi connectivity index (χ1n) is 9.06. The summed E-state index contributed by atoms with van der Waals surface area (Å²) >= 11 is 0. The summed E-state index contributed by atoms with van der Waals surface area (Å²) in [7, 11) is 0. The molecule has 24 heavy (non-hydrogen) atoms. The lowest BCUT2D eigenvalue weighted by Gasteiger charge is -2.18. The van der Waals surface area contributed by atoms with Gasteiger partial charge in [0, 0.05) is 48.7 Å². The maximum Gasteiger partial charge on any atom is 0.193 e. The number of carbonyl (C=O) groups excluding carboxylic acids is 1. The molecule has 4 rings (SSSR count). The lowest BCUT2D eigenvalue weighted by atomic mass is 10.0. The van der Waals surface area contributed by atoms with E-state index in [1.54, 1.807) is 0 Å². The van der Waals surface area contributed by atoms with Gasteiger partial charge in [-0.25, -0.2) is 0 Å². The molecule has 3 nitrogen and oxygen atoms in total. The van der Waals surface area contributed by atoms with Gasteiger partial charge < -0.3 is 9.80 Å². The van der Waals surface area contributed by atoms with Crippen molar-refractivity contribution < 1.29 is 4.79 Å². The highest BCUT2D eigenvalue weighted by molar-refractivity contribution is 6.09. The molecule has 0 bridgehead atoms. The minimum absolute atomic E-state index is 0.107. The lowest BCUT2D eigenvalue weighted by Crippen LogP contribution is -2.17. The molecule has 124 valence electrons. The van der Waals surface area contributed by atoms with Gasteiger partial charge in [-0.05, 0) is 74.2 Å². The standard InChI is InChI=1S/C21H24N2O/c24-21(17-5-9-19(10-6-17)22-13-1-2-14-22)18-7-11-20(12-8-18)23-15-3-4-16-23/h5-12H,1-4,13-16H2. The van der Waals surface area contributed by atoms with Gasteiger partial charge in [0.15, 0.2) is 5.78 Å². The highest BCUT2D eigenvalue weighted by atomic mass is 16.1. The fourth-order valence-corrected chi connectivity index (χ4v) is 3.76. The molecule has 2 aliphatic rings. The molecule has 2 aromatic rings. The van der Waals surface area contributed by atoms with Crippen molar-refractivity contribution in [2.75, 3.05) is 36.0 Å². The topological polar surface area (TPSA) is 23.6 Å². The number of ketones is 1. The van der Waals surface area contributed by atoms with Gasteiger partial charge in [0.1, 0.15) is 0 Å². The molecule has 0 saturated carbocycles. The van der Waals surface area contributed by atoms with Crippen molar-refractivity contribution in [1.82, 2.24) is 0 Å². The first-order valence-corrected chi connectivity index (χ1v) is 9.06. The smallest absolute Gasteiger partial charge is 0.193 e. The monoisotopic (exact) mass is 320 g/mol. The van der Waals surface area contributed by atoms with Crippen molar-refractivity contribution in [3.63, 3.8) is 0 Å². The van der Waals surface area contributed by atoms with Crippen molar-refractivity contribution >= 4 is 17.2 Å². The molecular formula is C21H24N2O. The van der Waals surface area contributed by atoms with Crippen LogP contribution in [0.4, 0.5) is 11.4 Å². The van der Waals surface area contributed by atoms with E-state index in [1.807, 2.05) is 24.3 Å². The molecule has 0 N–H and O–H groups in total. The van der Waals surface area contributed by atoms with Crippen LogP contribution in [0.1, 0.15) is 41.6 Å². The summed E-state index contributed by atoms with van der Waals surface area (Å²) in [4.78, 5) is 17.5. The minimum Gasteiger partial charge on any atom is -0.372 e. The van der Waals surface area contributed by atoms with E-state index in [-0.39, 0.29) is 5.78 Å². The van der Waals surface area contributed by atoms with Crippen molar-refractivity contribution in [2.24, 2.45) is 0 Å². The molecule has 0 unspecified atom stereocenters. The van der Waals surface area contributed by atoms with E-state index in [1.165, 1.54) is 37.1 Å². The average molecular weight is 320 g/mol. The van der Waals surface area contributed by atoms with Crippen LogP contribution in [0, 0.1) is 0 Å². The van der Waals surface area contributed by atoms with E-state index in [0.29, 0.717) is 0 Å². The molecule has 0 radical (unpaired) electrons. The van der Waals surface area contributed by atoms with Crippen LogP contribution in [0.5, 0.6) is 0 Å². The number of nitrogens with zero attached hydrogens (tertiary/aromatic N) is 2. The molecule has 0 aromatic heterocycles. The third-order valence-corrected chi connectivity index (χ3v) is 5.20. The Morgan fingerprint density at radius 2 is 0.917 bits per heavy atom. The highest BCUT2D eigenvalue weighted by Crippen LogP contribution is 2.23. The average Bonchev–Trinajstić information content (AvgIpc) is 3.35. The van der Waals surface area contributed by atoms with Crippen molar-refractivity contribution in [1.29, 1.82) is 0 Å². The van der Waals surface area contributed by atoms with Crippen molar-refractivity contribution in [3.05, 3.63) is 59.7 Å². The number of hydrogen-bond acceptors (Lipinski definition) is 3. The summed E-state index contributed by atoms with van der Waals surface area (Å²) in [6, 6.07) is 16.2. The summed E-state index contributed by atoms with van der Waals surface area (Å²) in [5, 5.41) is 0. The Kier molecular flexibility index (Phi) is 4.24. The Morgan fingerprint density at radius 1 is 0.583 bits per heavy atom. The number of benzene rings is 2. The molecule has 2 heterocycles. The molecule has 0 aliphatic carbocycles. The molecular weight excluding hydrogens is 296 g/mol. The normalized spacial score (nSPS) is 17.5. The molecule has 2 saturated heterocycles. The second kappa shape index (κ2) is 6.68. The molecule has 0 atom stereocenters. The van der Waals surface area contributed by atoms with Crippen LogP contribution in [0.15, 0.2) is 48.5 Å². The zero-order chi connectivity index (χ0) is 16.4. The molecule has 3 heteroatoms. The van der Waals surface area contributed by atoms with Gasteiger partial charge in [-0.2, -0.15) is 0 Å². The molecule has 2 fully saturated rings. The fraction of sp³-hybridized carbons (Fsp3) is 0.381. The zero-order valence-electron chi connectivity index (χ0n) is 14.1. The van der Waals surface area contributed by atoms with Gasteiger partial charge in [-0.1, -0.05) is 0 Å². The molecule has 0 spiro atoms. The van der Waals surface area contributed by atoms with E-state index in [0.717, 1.165) is 37.3 Å². The van der Waals surface area contributed by atoms with Crippen molar-refractivity contribution in [3.8, 4) is 0 Å². The molecule has 0 amide bonds. The maximum atomic E-state index is 12.7. The summed E-state index contributed by atoms with van der Waals surface area (Å²) in [6.45, 7) is 4.52. The predicted molar refractivity (Wildman–Crippen MR) is 99.2 cm³/mol. The van der Waals surface area contributed by atoms with Crippen LogP contribution < -0.4 is 9.80 Å². The third-order valence-electron chi connectivity index (χ3n) is 5.20. The van der Waals surface area contributed by atoms with Crippen molar-refractivity contribution in [2.45, 2.75) is 25.7 Å². The Balaban J connectivity index is 1.48. The quantitative estimate of drug-likeness (QED) is 0.792. The van der Waals surface area contributed by atoms with E-state index in [4.69, 9.17) is 0 Å². The third kappa shape index (κ3) is 3.03. The fourth-order valence-electron chi connectivity index (χ4n) is 3.76. The van der Waals surface area contributed by atoms with Crippen LogP contribution in [0.2, 0.25) is 0 Å². The van der Waals surface area contributed by atoms with Gasteiger partial charge in [0.25, 0.3) is 0 Å². The van der Waals surface area contributed by atoms with Gasteiger partial charge in [0.2, 0.25) is 0 Å². The van der Waals surface area contributed by atoms with E-state index >= 15 is 0 Å². The van der Waals surface area contributed by atoms with Crippen LogP contribution in [0.3, 0.4) is 0 Å². The van der Waals surface area contributed by atoms with Crippen LogP contribution >= 0.6 is 0 Å². The number of rotatable bonds is 4. The van der Waals surface area contributed by atoms with Gasteiger partial charge >= 0.3 is 0 Å². The van der Waals surface area contributed by atoms with E-state index in [9.17, 15) is 4.79 Å². The summed E-state index contributed by atoms with van der Waals surface area (Å²) in [6.07, 6.45) is 5.07. The van der Waals surface area contributed by atoms with Crippen LogP contribution in [-0.4, -0.2) is 32.0 Å². The van der Waals surface area contributed by atoms with E-state index < -0.39 is 0 Å². The summed E-state index contributed by atoms with van der Waals surface area (Å²) in [5.74, 6) is 0.107. The van der Waals surface area contributed by atoms with E-state index in [2.05, 4.69) is 34.1 Å². The number of hydrogen-bond donors (Lipinski definition) is 0.